The molecule has 6 heteroatoms. The third kappa shape index (κ3) is 3.95. The Bertz CT molecular complexity index is 645. The molecule has 0 unspecified atom stereocenters. The Morgan fingerprint density at radius 2 is 2.17 bits per heavy atom. The van der Waals surface area contributed by atoms with E-state index in [1.165, 1.54) is 5.56 Å². The molecule has 1 aliphatic rings. The van der Waals surface area contributed by atoms with Crippen molar-refractivity contribution in [1.82, 2.24) is 14.7 Å². The van der Waals surface area contributed by atoms with Crippen LogP contribution < -0.4 is 4.74 Å². The first-order chi connectivity index (χ1) is 11.7. The zero-order chi connectivity index (χ0) is 16.9. The van der Waals surface area contributed by atoms with Crippen LogP contribution in [0.5, 0.6) is 5.75 Å². The summed E-state index contributed by atoms with van der Waals surface area (Å²) in [5.74, 6) is 0.864. The molecule has 2 atom stereocenters. The van der Waals surface area contributed by atoms with Gasteiger partial charge in [-0.15, -0.1) is 0 Å². The molecule has 1 aromatic heterocycles. The standard InChI is InChI=1S/C18H25N3O3/c1-3-24-18-13-20(12-16(18)22)10-14-5-6-17(23-2)15(9-14)11-21-8-4-7-19-21/h4-9,16,18,22H,3,10-13H2,1-2H3/t16-,18-/m0/s1. The molecule has 130 valence electrons. The van der Waals surface area contributed by atoms with Gasteiger partial charge in [0.1, 0.15) is 5.75 Å². The number of likely N-dealkylation sites (tertiary alicyclic amines) is 1. The quantitative estimate of drug-likeness (QED) is 0.834. The number of methoxy groups -OCH3 is 1. The summed E-state index contributed by atoms with van der Waals surface area (Å²) in [6, 6.07) is 8.14. The van der Waals surface area contributed by atoms with Gasteiger partial charge < -0.3 is 14.6 Å². The van der Waals surface area contributed by atoms with Gasteiger partial charge in [0.2, 0.25) is 0 Å². The van der Waals surface area contributed by atoms with E-state index >= 15 is 0 Å². The van der Waals surface area contributed by atoms with Crippen LogP contribution in [0.1, 0.15) is 18.1 Å². The SMILES string of the molecule is CCO[C@H]1CN(Cc2ccc(OC)c(Cn3cccn3)c2)C[C@@H]1O. The molecule has 0 saturated carbocycles. The highest BCUT2D eigenvalue weighted by Crippen LogP contribution is 2.23. The lowest BCUT2D eigenvalue weighted by molar-refractivity contribution is -0.00245. The van der Waals surface area contributed by atoms with Gasteiger partial charge in [-0.3, -0.25) is 9.58 Å². The van der Waals surface area contributed by atoms with Crippen LogP contribution in [0.2, 0.25) is 0 Å². The van der Waals surface area contributed by atoms with E-state index in [0.717, 1.165) is 24.4 Å². The first kappa shape index (κ1) is 17.0. The lowest BCUT2D eigenvalue weighted by Crippen LogP contribution is -2.26. The molecule has 1 aliphatic heterocycles. The summed E-state index contributed by atoms with van der Waals surface area (Å²) >= 11 is 0. The maximum atomic E-state index is 10.1. The highest BCUT2D eigenvalue weighted by Gasteiger charge is 2.31. The van der Waals surface area contributed by atoms with Gasteiger partial charge in [0, 0.05) is 44.2 Å². The first-order valence-corrected chi connectivity index (χ1v) is 8.35. The van der Waals surface area contributed by atoms with Gasteiger partial charge in [0.25, 0.3) is 0 Å². The fraction of sp³-hybridized carbons (Fsp3) is 0.500. The molecule has 2 heterocycles. The number of aliphatic hydroxyl groups excluding tert-OH is 1. The fourth-order valence-corrected chi connectivity index (χ4v) is 3.22. The summed E-state index contributed by atoms with van der Waals surface area (Å²) in [7, 11) is 1.69. The predicted octanol–water partition coefficient (Wildman–Crippen LogP) is 1.52. The van der Waals surface area contributed by atoms with E-state index in [9.17, 15) is 5.11 Å². The Morgan fingerprint density at radius 1 is 1.29 bits per heavy atom. The predicted molar refractivity (Wildman–Crippen MR) is 91.0 cm³/mol. The number of aromatic nitrogens is 2. The topological polar surface area (TPSA) is 59.8 Å². The Balaban J connectivity index is 1.70. The van der Waals surface area contributed by atoms with Crippen LogP contribution in [-0.2, 0) is 17.8 Å². The van der Waals surface area contributed by atoms with Crippen molar-refractivity contribution in [1.29, 1.82) is 0 Å². The minimum absolute atomic E-state index is 0.0863. The maximum Gasteiger partial charge on any atom is 0.123 e. The molecule has 2 aromatic rings. The highest BCUT2D eigenvalue weighted by atomic mass is 16.5. The molecule has 3 rings (SSSR count). The van der Waals surface area contributed by atoms with Crippen molar-refractivity contribution in [3.05, 3.63) is 47.8 Å². The van der Waals surface area contributed by atoms with Crippen LogP contribution in [0.4, 0.5) is 0 Å². The highest BCUT2D eigenvalue weighted by molar-refractivity contribution is 5.37. The van der Waals surface area contributed by atoms with Crippen molar-refractivity contribution in [2.75, 3.05) is 26.8 Å². The molecule has 0 radical (unpaired) electrons. The number of hydrogen-bond acceptors (Lipinski definition) is 5. The zero-order valence-electron chi connectivity index (χ0n) is 14.3. The third-order valence-electron chi connectivity index (χ3n) is 4.34. The summed E-state index contributed by atoms with van der Waals surface area (Å²) in [6.07, 6.45) is 3.22. The molecule has 1 saturated heterocycles. The smallest absolute Gasteiger partial charge is 0.123 e. The van der Waals surface area contributed by atoms with Crippen molar-refractivity contribution >= 4 is 0 Å². The summed E-state index contributed by atoms with van der Waals surface area (Å²) in [6.45, 7) is 5.46. The molecule has 1 fully saturated rings. The number of β-amino-alcohol motifs (C(OH)–C–C–N with tert-alkyl or cyclic N) is 1. The van der Waals surface area contributed by atoms with E-state index < -0.39 is 6.10 Å². The Morgan fingerprint density at radius 3 is 2.88 bits per heavy atom. The van der Waals surface area contributed by atoms with Crippen molar-refractivity contribution in [3.8, 4) is 5.75 Å². The molecule has 0 bridgehead atoms. The van der Waals surface area contributed by atoms with E-state index in [1.54, 1.807) is 13.3 Å². The second-order valence-electron chi connectivity index (χ2n) is 6.11. The van der Waals surface area contributed by atoms with E-state index in [4.69, 9.17) is 9.47 Å². The van der Waals surface area contributed by atoms with Gasteiger partial charge in [-0.05, 0) is 30.7 Å². The second kappa shape index (κ2) is 7.79. The number of hydrogen-bond donors (Lipinski definition) is 1. The summed E-state index contributed by atoms with van der Waals surface area (Å²) in [5, 5.41) is 14.3. The van der Waals surface area contributed by atoms with Crippen molar-refractivity contribution in [2.24, 2.45) is 0 Å². The van der Waals surface area contributed by atoms with Gasteiger partial charge in [-0.2, -0.15) is 5.10 Å². The van der Waals surface area contributed by atoms with Crippen LogP contribution in [-0.4, -0.2) is 58.8 Å². The van der Waals surface area contributed by atoms with Gasteiger partial charge in [-0.25, -0.2) is 0 Å². The Labute approximate surface area is 142 Å². The average molecular weight is 331 g/mol. The molecular weight excluding hydrogens is 306 g/mol. The molecule has 1 aromatic carbocycles. The van der Waals surface area contributed by atoms with Crippen molar-refractivity contribution < 1.29 is 14.6 Å². The van der Waals surface area contributed by atoms with E-state index in [2.05, 4.69) is 22.1 Å². The number of rotatable bonds is 7. The second-order valence-corrected chi connectivity index (χ2v) is 6.11. The number of benzene rings is 1. The first-order valence-electron chi connectivity index (χ1n) is 8.35. The van der Waals surface area contributed by atoms with Crippen LogP contribution in [0, 0.1) is 0 Å². The van der Waals surface area contributed by atoms with Crippen LogP contribution in [0.3, 0.4) is 0 Å². The van der Waals surface area contributed by atoms with Gasteiger partial charge in [0.15, 0.2) is 0 Å². The van der Waals surface area contributed by atoms with E-state index in [1.807, 2.05) is 29.9 Å². The van der Waals surface area contributed by atoms with Crippen LogP contribution >= 0.6 is 0 Å². The van der Waals surface area contributed by atoms with Gasteiger partial charge in [-0.1, -0.05) is 6.07 Å². The molecule has 6 nitrogen and oxygen atoms in total. The molecular formula is C18H25N3O3. The normalized spacial score (nSPS) is 21.3. The summed E-state index contributed by atoms with van der Waals surface area (Å²) in [4.78, 5) is 2.23. The number of aliphatic hydroxyl groups is 1. The minimum atomic E-state index is -0.410. The maximum absolute atomic E-state index is 10.1. The van der Waals surface area contributed by atoms with Crippen LogP contribution in [0.15, 0.2) is 36.7 Å². The molecule has 0 spiro atoms. The van der Waals surface area contributed by atoms with Crippen LogP contribution in [0.25, 0.3) is 0 Å². The lowest BCUT2D eigenvalue weighted by Gasteiger charge is -2.17. The van der Waals surface area contributed by atoms with Crippen molar-refractivity contribution in [2.45, 2.75) is 32.2 Å². The summed E-state index contributed by atoms with van der Waals surface area (Å²) in [5.41, 5.74) is 2.29. The third-order valence-corrected chi connectivity index (χ3v) is 4.34. The molecule has 24 heavy (non-hydrogen) atoms. The number of ether oxygens (including phenoxy) is 2. The number of nitrogens with zero attached hydrogens (tertiary/aromatic N) is 3. The lowest BCUT2D eigenvalue weighted by atomic mass is 10.1. The van der Waals surface area contributed by atoms with E-state index in [0.29, 0.717) is 19.7 Å². The molecule has 1 N–H and O–H groups in total. The Hall–Kier alpha value is -1.89. The molecule has 0 aliphatic carbocycles. The van der Waals surface area contributed by atoms with Gasteiger partial charge >= 0.3 is 0 Å². The van der Waals surface area contributed by atoms with E-state index in [-0.39, 0.29) is 6.10 Å². The largest absolute Gasteiger partial charge is 0.496 e. The summed E-state index contributed by atoms with van der Waals surface area (Å²) < 4.78 is 12.9. The van der Waals surface area contributed by atoms with Gasteiger partial charge in [0.05, 0.1) is 25.9 Å². The molecule has 0 amide bonds. The fourth-order valence-electron chi connectivity index (χ4n) is 3.22. The Kier molecular flexibility index (Phi) is 5.50. The average Bonchev–Trinajstić information content (AvgIpc) is 3.19. The zero-order valence-corrected chi connectivity index (χ0v) is 14.3. The monoisotopic (exact) mass is 331 g/mol. The van der Waals surface area contributed by atoms with Crippen molar-refractivity contribution in [3.63, 3.8) is 0 Å². The minimum Gasteiger partial charge on any atom is -0.496 e.